The summed E-state index contributed by atoms with van der Waals surface area (Å²) in [5, 5.41) is 6.91. The Kier molecular flexibility index (Phi) is 5.16. The van der Waals surface area contributed by atoms with E-state index in [9.17, 15) is 9.18 Å². The highest BCUT2D eigenvalue weighted by Gasteiger charge is 2.07. The number of hydrogen-bond acceptors (Lipinski definition) is 4. The summed E-state index contributed by atoms with van der Waals surface area (Å²) < 4.78 is 12.9. The maximum absolute atomic E-state index is 12.9. The average Bonchev–Trinajstić information content (AvgIpc) is 2.86. The van der Waals surface area contributed by atoms with Crippen molar-refractivity contribution in [2.75, 3.05) is 0 Å². The molecule has 0 saturated heterocycles. The number of rotatable bonds is 5. The normalized spacial score (nSPS) is 11.5. The van der Waals surface area contributed by atoms with Gasteiger partial charge < -0.3 is 0 Å². The molecule has 0 radical (unpaired) electrons. The van der Waals surface area contributed by atoms with Crippen molar-refractivity contribution in [2.24, 2.45) is 5.10 Å². The first-order chi connectivity index (χ1) is 10.1. The Morgan fingerprint density at radius 2 is 2.10 bits per heavy atom. The van der Waals surface area contributed by atoms with E-state index in [4.69, 9.17) is 0 Å². The fraction of sp³-hybridized carbons (Fsp3) is 0.267. The van der Waals surface area contributed by atoms with Crippen LogP contribution in [0.25, 0.3) is 0 Å². The first-order valence-electron chi connectivity index (χ1n) is 6.61. The standard InChI is InChI=1S/C15H16FN3OS/c1-3-14(11-4-6-12(16)7-5-11)18-19-15(20)8-13-9-21-10(2)17-13/h4-7,9H,3,8H2,1-2H3,(H,19,20)/b18-14-. The molecule has 0 fully saturated rings. The molecule has 1 aromatic carbocycles. The Hall–Kier alpha value is -2.08. The number of carbonyl (C=O) groups is 1. The van der Waals surface area contributed by atoms with Crippen molar-refractivity contribution in [2.45, 2.75) is 26.7 Å². The van der Waals surface area contributed by atoms with Gasteiger partial charge >= 0.3 is 0 Å². The highest BCUT2D eigenvalue weighted by Crippen LogP contribution is 2.09. The molecule has 0 spiro atoms. The number of nitrogens with one attached hydrogen (secondary N) is 1. The van der Waals surface area contributed by atoms with Crippen molar-refractivity contribution in [3.8, 4) is 0 Å². The topological polar surface area (TPSA) is 54.4 Å². The molecule has 1 aromatic heterocycles. The monoisotopic (exact) mass is 305 g/mol. The van der Waals surface area contributed by atoms with E-state index in [0.717, 1.165) is 16.3 Å². The molecule has 0 atom stereocenters. The van der Waals surface area contributed by atoms with Crippen molar-refractivity contribution in [3.63, 3.8) is 0 Å². The van der Waals surface area contributed by atoms with Gasteiger partial charge in [-0.2, -0.15) is 5.10 Å². The summed E-state index contributed by atoms with van der Waals surface area (Å²) >= 11 is 1.51. The van der Waals surface area contributed by atoms with Crippen LogP contribution in [0, 0.1) is 12.7 Å². The molecule has 2 rings (SSSR count). The molecule has 0 saturated carbocycles. The van der Waals surface area contributed by atoms with Gasteiger partial charge in [-0.3, -0.25) is 4.79 Å². The van der Waals surface area contributed by atoms with Gasteiger partial charge in [-0.15, -0.1) is 11.3 Å². The van der Waals surface area contributed by atoms with E-state index in [2.05, 4.69) is 15.5 Å². The average molecular weight is 305 g/mol. The van der Waals surface area contributed by atoms with Crippen LogP contribution in [0.4, 0.5) is 4.39 Å². The maximum Gasteiger partial charge on any atom is 0.246 e. The Balaban J connectivity index is 2.00. The summed E-state index contributed by atoms with van der Waals surface area (Å²) in [5.41, 5.74) is 4.77. The van der Waals surface area contributed by atoms with Crippen LogP contribution < -0.4 is 5.43 Å². The molecule has 110 valence electrons. The van der Waals surface area contributed by atoms with Gasteiger partial charge in [0.2, 0.25) is 5.91 Å². The lowest BCUT2D eigenvalue weighted by molar-refractivity contribution is -0.120. The molecule has 0 bridgehead atoms. The second-order valence-electron chi connectivity index (χ2n) is 4.49. The summed E-state index contributed by atoms with van der Waals surface area (Å²) in [7, 11) is 0. The van der Waals surface area contributed by atoms with Gasteiger partial charge in [-0.05, 0) is 31.0 Å². The Labute approximate surface area is 126 Å². The van der Waals surface area contributed by atoms with Gasteiger partial charge in [-0.25, -0.2) is 14.8 Å². The minimum absolute atomic E-state index is 0.203. The van der Waals surface area contributed by atoms with Crippen LogP contribution in [0.5, 0.6) is 0 Å². The molecule has 4 nitrogen and oxygen atoms in total. The quantitative estimate of drug-likeness (QED) is 0.682. The second-order valence-corrected chi connectivity index (χ2v) is 5.55. The lowest BCUT2D eigenvalue weighted by Gasteiger charge is -2.05. The number of aromatic nitrogens is 1. The van der Waals surface area contributed by atoms with E-state index in [-0.39, 0.29) is 18.1 Å². The maximum atomic E-state index is 12.9. The summed E-state index contributed by atoms with van der Waals surface area (Å²) in [6.45, 7) is 3.83. The minimum atomic E-state index is -0.294. The van der Waals surface area contributed by atoms with Gasteiger partial charge in [0.25, 0.3) is 0 Å². The predicted octanol–water partition coefficient (Wildman–Crippen LogP) is 3.06. The van der Waals surface area contributed by atoms with Gasteiger partial charge in [0.1, 0.15) is 5.82 Å². The van der Waals surface area contributed by atoms with Gasteiger partial charge in [0.15, 0.2) is 0 Å². The molecule has 0 aliphatic rings. The summed E-state index contributed by atoms with van der Waals surface area (Å²) in [6, 6.07) is 6.04. The van der Waals surface area contributed by atoms with Crippen molar-refractivity contribution < 1.29 is 9.18 Å². The third kappa shape index (κ3) is 4.46. The zero-order valence-corrected chi connectivity index (χ0v) is 12.7. The molecule has 1 N–H and O–H groups in total. The molecule has 21 heavy (non-hydrogen) atoms. The van der Waals surface area contributed by atoms with Crippen LogP contribution in [0.1, 0.15) is 29.6 Å². The van der Waals surface area contributed by atoms with Crippen LogP contribution in [0.15, 0.2) is 34.7 Å². The van der Waals surface area contributed by atoms with Crippen molar-refractivity contribution in [1.82, 2.24) is 10.4 Å². The number of aryl methyl sites for hydroxylation is 1. The Morgan fingerprint density at radius 1 is 1.38 bits per heavy atom. The first kappa shape index (κ1) is 15.3. The number of nitrogens with zero attached hydrogens (tertiary/aromatic N) is 2. The lowest BCUT2D eigenvalue weighted by atomic mass is 10.1. The number of halogens is 1. The number of hydrogen-bond donors (Lipinski definition) is 1. The van der Waals surface area contributed by atoms with Crippen LogP contribution in [-0.4, -0.2) is 16.6 Å². The SMILES string of the molecule is CC/C(=N/NC(=O)Cc1csc(C)n1)c1ccc(F)cc1. The molecule has 0 aliphatic carbocycles. The fourth-order valence-corrected chi connectivity index (χ4v) is 2.43. The number of hydrazone groups is 1. The van der Waals surface area contributed by atoms with E-state index in [1.54, 1.807) is 12.1 Å². The van der Waals surface area contributed by atoms with Crippen LogP contribution in [0.3, 0.4) is 0 Å². The van der Waals surface area contributed by atoms with Crippen molar-refractivity contribution >= 4 is 23.0 Å². The minimum Gasteiger partial charge on any atom is -0.273 e. The fourth-order valence-electron chi connectivity index (χ4n) is 1.81. The Morgan fingerprint density at radius 3 is 2.67 bits per heavy atom. The third-order valence-corrected chi connectivity index (χ3v) is 3.66. The van der Waals surface area contributed by atoms with E-state index in [1.165, 1.54) is 23.5 Å². The van der Waals surface area contributed by atoms with Crippen LogP contribution in [0.2, 0.25) is 0 Å². The number of amides is 1. The van der Waals surface area contributed by atoms with Crippen LogP contribution >= 0.6 is 11.3 Å². The van der Waals surface area contributed by atoms with Crippen LogP contribution in [-0.2, 0) is 11.2 Å². The summed E-state index contributed by atoms with van der Waals surface area (Å²) in [5.74, 6) is -0.509. The van der Waals surface area contributed by atoms with E-state index < -0.39 is 0 Å². The molecule has 2 aromatic rings. The molecule has 1 amide bonds. The second kappa shape index (κ2) is 7.08. The molecular formula is C15H16FN3OS. The van der Waals surface area contributed by atoms with E-state index in [1.807, 2.05) is 19.2 Å². The van der Waals surface area contributed by atoms with E-state index >= 15 is 0 Å². The highest BCUT2D eigenvalue weighted by atomic mass is 32.1. The number of benzene rings is 1. The zero-order chi connectivity index (χ0) is 15.2. The summed E-state index contributed by atoms with van der Waals surface area (Å²) in [6.07, 6.45) is 0.843. The first-order valence-corrected chi connectivity index (χ1v) is 7.48. The van der Waals surface area contributed by atoms with Gasteiger partial charge in [-0.1, -0.05) is 19.1 Å². The van der Waals surface area contributed by atoms with Gasteiger partial charge in [0, 0.05) is 5.38 Å². The molecule has 0 aliphatic heterocycles. The third-order valence-electron chi connectivity index (χ3n) is 2.84. The smallest absolute Gasteiger partial charge is 0.246 e. The highest BCUT2D eigenvalue weighted by molar-refractivity contribution is 7.09. The number of thiazole rings is 1. The van der Waals surface area contributed by atoms with Crippen molar-refractivity contribution in [1.29, 1.82) is 0 Å². The van der Waals surface area contributed by atoms with Crippen molar-refractivity contribution in [3.05, 3.63) is 51.7 Å². The molecule has 6 heteroatoms. The molecule has 1 heterocycles. The zero-order valence-electron chi connectivity index (χ0n) is 11.9. The van der Waals surface area contributed by atoms with Gasteiger partial charge in [0.05, 0.1) is 22.8 Å². The number of carbonyl (C=O) groups excluding carboxylic acids is 1. The molecular weight excluding hydrogens is 289 g/mol. The van der Waals surface area contributed by atoms with E-state index in [0.29, 0.717) is 12.1 Å². The lowest BCUT2D eigenvalue weighted by Crippen LogP contribution is -2.22. The predicted molar refractivity (Wildman–Crippen MR) is 81.9 cm³/mol. The summed E-state index contributed by atoms with van der Waals surface area (Å²) in [4.78, 5) is 16.0. The Bertz CT molecular complexity index is 649. The molecule has 0 unspecified atom stereocenters. The largest absolute Gasteiger partial charge is 0.273 e.